The first kappa shape index (κ1) is 18.2. The molecule has 4 heteroatoms. The SMILES string of the molecule is COC(=O)[C@@H]1C[C@]23C4=C(CC[C@@H]5CN[C@H]2[C@@H](C(C)C)[C@@H](O)C[C@@]53C)CC[C@@H]41. The topological polar surface area (TPSA) is 58.6 Å². The van der Waals surface area contributed by atoms with Gasteiger partial charge in [0.2, 0.25) is 0 Å². The lowest BCUT2D eigenvalue weighted by Crippen LogP contribution is -2.71. The number of piperidine rings is 1. The molecule has 0 aromatic heterocycles. The molecule has 5 rings (SSSR count). The fourth-order valence-corrected chi connectivity index (χ4v) is 8.61. The largest absolute Gasteiger partial charge is 0.469 e. The standard InChI is InChI=1S/C23H35NO3/c1-12(2)18-17(25)10-22(3)14-7-5-13-6-8-15-16(21(26)27-4)9-23(22,19(13)15)20(18)24-11-14/h12,14-18,20,24-25H,5-11H2,1-4H3/t14-,15-,16-,17+,18+,20+,22+,23+/m1/s1. The summed E-state index contributed by atoms with van der Waals surface area (Å²) in [4.78, 5) is 12.8. The van der Waals surface area contributed by atoms with Crippen LogP contribution in [0.4, 0.5) is 0 Å². The first-order valence-electron chi connectivity index (χ1n) is 11.1. The van der Waals surface area contributed by atoms with E-state index in [2.05, 4.69) is 26.1 Å². The van der Waals surface area contributed by atoms with Crippen LogP contribution in [-0.2, 0) is 9.53 Å². The fourth-order valence-electron chi connectivity index (χ4n) is 8.61. The van der Waals surface area contributed by atoms with Crippen LogP contribution in [0.25, 0.3) is 0 Å². The maximum absolute atomic E-state index is 12.8. The highest BCUT2D eigenvalue weighted by molar-refractivity contribution is 5.75. The van der Waals surface area contributed by atoms with Gasteiger partial charge in [-0.25, -0.2) is 0 Å². The fraction of sp³-hybridized carbons (Fsp3) is 0.870. The van der Waals surface area contributed by atoms with Gasteiger partial charge in [0.25, 0.3) is 0 Å². The Labute approximate surface area is 163 Å². The van der Waals surface area contributed by atoms with Gasteiger partial charge in [0, 0.05) is 17.4 Å². The summed E-state index contributed by atoms with van der Waals surface area (Å²) < 4.78 is 5.28. The first-order valence-corrected chi connectivity index (χ1v) is 11.1. The molecular weight excluding hydrogens is 338 g/mol. The molecule has 2 N–H and O–H groups in total. The third-order valence-electron chi connectivity index (χ3n) is 9.58. The Morgan fingerprint density at radius 1 is 1.26 bits per heavy atom. The highest BCUT2D eigenvalue weighted by atomic mass is 16.5. The monoisotopic (exact) mass is 373 g/mol. The zero-order chi connectivity index (χ0) is 19.1. The molecule has 2 saturated carbocycles. The molecule has 0 aromatic carbocycles. The van der Waals surface area contributed by atoms with Crippen LogP contribution in [0.2, 0.25) is 0 Å². The normalized spacial score (nSPS) is 50.6. The van der Waals surface area contributed by atoms with Gasteiger partial charge in [-0.2, -0.15) is 0 Å². The average Bonchev–Trinajstić information content (AvgIpc) is 3.15. The van der Waals surface area contributed by atoms with E-state index in [9.17, 15) is 9.90 Å². The number of carbonyl (C=O) groups excluding carboxylic acids is 1. The average molecular weight is 374 g/mol. The number of carbonyl (C=O) groups is 1. The minimum atomic E-state index is -0.250. The molecule has 0 radical (unpaired) electrons. The number of hydrogen-bond acceptors (Lipinski definition) is 4. The number of esters is 1. The van der Waals surface area contributed by atoms with Crippen molar-refractivity contribution < 1.29 is 14.6 Å². The Kier molecular flexibility index (Phi) is 3.92. The number of aliphatic hydroxyl groups excluding tert-OH is 1. The minimum absolute atomic E-state index is 0.00558. The van der Waals surface area contributed by atoms with Gasteiger partial charge >= 0.3 is 5.97 Å². The highest BCUT2D eigenvalue weighted by Crippen LogP contribution is 2.74. The van der Waals surface area contributed by atoms with Crippen LogP contribution in [0.15, 0.2) is 11.1 Å². The van der Waals surface area contributed by atoms with Crippen molar-refractivity contribution in [3.8, 4) is 0 Å². The zero-order valence-electron chi connectivity index (χ0n) is 17.3. The lowest BCUT2D eigenvalue weighted by molar-refractivity contribution is -0.164. The lowest BCUT2D eigenvalue weighted by atomic mass is 9.43. The molecule has 4 bridgehead atoms. The van der Waals surface area contributed by atoms with Crippen LogP contribution in [0.3, 0.4) is 0 Å². The molecule has 1 heterocycles. The summed E-state index contributed by atoms with van der Waals surface area (Å²) >= 11 is 0. The van der Waals surface area contributed by atoms with Gasteiger partial charge in [0.05, 0.1) is 19.1 Å². The van der Waals surface area contributed by atoms with Crippen LogP contribution in [-0.4, -0.2) is 36.9 Å². The molecule has 8 atom stereocenters. The van der Waals surface area contributed by atoms with E-state index >= 15 is 0 Å². The Bertz CT molecular complexity index is 700. The van der Waals surface area contributed by atoms with Gasteiger partial charge in [0.1, 0.15) is 0 Å². The summed E-state index contributed by atoms with van der Waals surface area (Å²) in [6.07, 6.45) is 6.26. The Morgan fingerprint density at radius 3 is 2.70 bits per heavy atom. The maximum atomic E-state index is 12.8. The minimum Gasteiger partial charge on any atom is -0.469 e. The molecule has 27 heavy (non-hydrogen) atoms. The Morgan fingerprint density at radius 2 is 2.00 bits per heavy atom. The molecule has 5 aliphatic rings. The van der Waals surface area contributed by atoms with E-state index in [0.717, 1.165) is 25.8 Å². The van der Waals surface area contributed by atoms with Crippen molar-refractivity contribution in [2.75, 3.05) is 13.7 Å². The molecule has 4 aliphatic carbocycles. The number of ether oxygens (including phenoxy) is 1. The summed E-state index contributed by atoms with van der Waals surface area (Å²) in [6, 6.07) is 0.279. The van der Waals surface area contributed by atoms with Crippen LogP contribution in [0.1, 0.15) is 59.3 Å². The number of methoxy groups -OCH3 is 1. The quantitative estimate of drug-likeness (QED) is 0.576. The van der Waals surface area contributed by atoms with Crippen LogP contribution < -0.4 is 5.32 Å². The second kappa shape index (κ2) is 5.82. The van der Waals surface area contributed by atoms with Crippen molar-refractivity contribution in [1.82, 2.24) is 5.32 Å². The maximum Gasteiger partial charge on any atom is 0.309 e. The Balaban J connectivity index is 1.73. The predicted octanol–water partition coefficient (Wildman–Crippen LogP) is 3.30. The summed E-state index contributed by atoms with van der Waals surface area (Å²) in [7, 11) is 1.55. The third kappa shape index (κ3) is 2.04. The molecule has 3 fully saturated rings. The van der Waals surface area contributed by atoms with E-state index in [0.29, 0.717) is 17.8 Å². The molecule has 1 spiro atoms. The van der Waals surface area contributed by atoms with Gasteiger partial charge < -0.3 is 15.2 Å². The molecule has 1 saturated heterocycles. The Hall–Kier alpha value is -0.870. The van der Waals surface area contributed by atoms with Crippen LogP contribution in [0.5, 0.6) is 0 Å². The summed E-state index contributed by atoms with van der Waals surface area (Å²) in [5.41, 5.74) is 3.40. The number of hydrogen-bond donors (Lipinski definition) is 2. The van der Waals surface area contributed by atoms with E-state index < -0.39 is 0 Å². The number of nitrogens with one attached hydrogen (secondary N) is 1. The van der Waals surface area contributed by atoms with Crippen molar-refractivity contribution in [2.24, 2.45) is 40.4 Å². The molecule has 150 valence electrons. The molecule has 0 aromatic rings. The van der Waals surface area contributed by atoms with Crippen LogP contribution in [0, 0.1) is 40.4 Å². The summed E-state index contributed by atoms with van der Waals surface area (Å²) in [6.45, 7) is 8.03. The van der Waals surface area contributed by atoms with Crippen molar-refractivity contribution >= 4 is 5.97 Å². The van der Waals surface area contributed by atoms with Crippen LogP contribution >= 0.6 is 0 Å². The van der Waals surface area contributed by atoms with Gasteiger partial charge in [-0.3, -0.25) is 4.79 Å². The zero-order valence-corrected chi connectivity index (χ0v) is 17.3. The lowest BCUT2D eigenvalue weighted by Gasteiger charge is -2.66. The third-order valence-corrected chi connectivity index (χ3v) is 9.58. The van der Waals surface area contributed by atoms with E-state index in [1.54, 1.807) is 18.3 Å². The predicted molar refractivity (Wildman–Crippen MR) is 104 cm³/mol. The first-order chi connectivity index (χ1) is 12.8. The smallest absolute Gasteiger partial charge is 0.309 e. The van der Waals surface area contributed by atoms with E-state index in [1.807, 2.05) is 0 Å². The molecular formula is C23H35NO3. The van der Waals surface area contributed by atoms with Gasteiger partial charge in [-0.15, -0.1) is 0 Å². The number of allylic oxidation sites excluding steroid dienone is 1. The second-order valence-electron chi connectivity index (χ2n) is 10.6. The second-order valence-corrected chi connectivity index (χ2v) is 10.6. The van der Waals surface area contributed by atoms with Crippen molar-refractivity contribution in [3.63, 3.8) is 0 Å². The molecule has 4 nitrogen and oxygen atoms in total. The van der Waals surface area contributed by atoms with E-state index in [1.165, 1.54) is 19.3 Å². The molecule has 0 amide bonds. The molecule has 0 unspecified atom stereocenters. The van der Waals surface area contributed by atoms with Crippen molar-refractivity contribution in [1.29, 1.82) is 0 Å². The van der Waals surface area contributed by atoms with Gasteiger partial charge in [-0.05, 0) is 68.2 Å². The molecule has 1 aliphatic heterocycles. The summed E-state index contributed by atoms with van der Waals surface area (Å²) in [5, 5.41) is 15.1. The number of aliphatic hydroxyl groups is 1. The highest BCUT2D eigenvalue weighted by Gasteiger charge is 2.72. The van der Waals surface area contributed by atoms with E-state index in [-0.39, 0.29) is 40.8 Å². The van der Waals surface area contributed by atoms with Crippen molar-refractivity contribution in [2.45, 2.75) is 71.4 Å². The van der Waals surface area contributed by atoms with E-state index in [4.69, 9.17) is 4.74 Å². The van der Waals surface area contributed by atoms with Gasteiger partial charge in [-0.1, -0.05) is 31.9 Å². The van der Waals surface area contributed by atoms with Gasteiger partial charge in [0.15, 0.2) is 0 Å². The number of rotatable bonds is 2. The summed E-state index contributed by atoms with van der Waals surface area (Å²) in [5.74, 6) is 1.63. The van der Waals surface area contributed by atoms with Crippen molar-refractivity contribution in [3.05, 3.63) is 11.1 Å².